The molecule has 3 N–H and O–H groups in total. The van der Waals surface area contributed by atoms with Crippen LogP contribution >= 0.6 is 0 Å². The standard InChI is InChI=1S/C48H50F4N4O15S3/c1-47(2)21-25(23-73(64,65)66)28-18-30-33(20-32(28)54(47)14-8-6-7-11-36(59)71-56-34(57)12-13-35(56)58)70-45-27-10-9-15-55-44(27)29(26(22-48(55,3)4)24-74(67,68)69)19-31(45)37(30)38-39(41(50)43(52)42(51)40(38)49)46(60)53(5)16-17-72(61,62)63/h18-22H,6-17,23-24H2,1-5H3,(H2-,61,62,63,64,65,66,67,68,69)/p+1. The fraction of sp³-hybridized carbons (Fsp3) is 0.438. The summed E-state index contributed by atoms with van der Waals surface area (Å²) in [6, 6.07) is 4.01. The molecule has 0 atom stereocenters. The Morgan fingerprint density at radius 1 is 0.784 bits per heavy atom. The van der Waals surface area contributed by atoms with E-state index in [1.807, 2.05) is 9.48 Å². The van der Waals surface area contributed by atoms with Crippen LogP contribution in [-0.4, -0.2) is 128 Å². The number of carbonyl (C=O) groups is 4. The molecule has 1 fully saturated rings. The van der Waals surface area contributed by atoms with Crippen molar-refractivity contribution >= 4 is 76.5 Å². The maximum atomic E-state index is 17.2. The molecule has 0 radical (unpaired) electrons. The SMILES string of the molecule is CN(CCS(=O)(=O)O)C(=O)c1c(F)c(F)c(F)c(F)c1C1=c2cc3c4c(c2Oc2cc5c(cc21)C(CS(=O)(=O)O)=CC(C)(C)N5CCCCCC(=O)ON1C(=O)CCC1=O)CCC[N+]=4C(C)(C)C=C3CS(=O)(=O)O. The van der Waals surface area contributed by atoms with Crippen molar-refractivity contribution in [2.24, 2.45) is 0 Å². The fourth-order valence-electron chi connectivity index (χ4n) is 10.4. The van der Waals surface area contributed by atoms with Crippen LogP contribution in [0.25, 0.3) is 16.7 Å². The maximum absolute atomic E-state index is 17.2. The maximum Gasteiger partial charge on any atom is 0.333 e. The number of hydroxylamine groups is 2. The van der Waals surface area contributed by atoms with Crippen LogP contribution < -0.4 is 24.8 Å². The van der Waals surface area contributed by atoms with E-state index in [9.17, 15) is 58.1 Å². The Morgan fingerprint density at radius 3 is 2.03 bits per heavy atom. The van der Waals surface area contributed by atoms with Gasteiger partial charge in [-0.05, 0) is 62.5 Å². The second-order valence-electron chi connectivity index (χ2n) is 19.9. The van der Waals surface area contributed by atoms with Crippen molar-refractivity contribution in [3.63, 3.8) is 0 Å². The van der Waals surface area contributed by atoms with Crippen molar-refractivity contribution in [2.75, 3.05) is 48.8 Å². The Labute approximate surface area is 422 Å². The van der Waals surface area contributed by atoms with E-state index in [-0.39, 0.29) is 88.9 Å². The van der Waals surface area contributed by atoms with Crippen molar-refractivity contribution in [2.45, 2.75) is 90.1 Å². The van der Waals surface area contributed by atoms with Gasteiger partial charge in [-0.15, -0.1) is 5.06 Å². The van der Waals surface area contributed by atoms with E-state index in [0.29, 0.717) is 46.7 Å². The summed E-state index contributed by atoms with van der Waals surface area (Å²) in [5.74, 6) is -16.1. The second-order valence-corrected chi connectivity index (χ2v) is 24.3. The van der Waals surface area contributed by atoms with Crippen LogP contribution in [0.4, 0.5) is 23.2 Å². The highest BCUT2D eigenvalue weighted by molar-refractivity contribution is 7.86. The number of ether oxygens (including phenoxy) is 1. The minimum atomic E-state index is -4.84. The zero-order valence-corrected chi connectivity index (χ0v) is 43.0. The summed E-state index contributed by atoms with van der Waals surface area (Å²) in [7, 11) is -13.5. The lowest BCUT2D eigenvalue weighted by Gasteiger charge is -2.44. The molecule has 74 heavy (non-hydrogen) atoms. The first kappa shape index (κ1) is 54.2. The van der Waals surface area contributed by atoms with Crippen molar-refractivity contribution in [1.82, 2.24) is 14.5 Å². The topological polar surface area (TPSA) is 263 Å². The summed E-state index contributed by atoms with van der Waals surface area (Å²) < 4.78 is 178. The predicted molar refractivity (Wildman–Crippen MR) is 258 cm³/mol. The fourth-order valence-corrected chi connectivity index (χ4v) is 12.2. The van der Waals surface area contributed by atoms with Crippen molar-refractivity contribution in [3.05, 3.63) is 97.6 Å². The van der Waals surface area contributed by atoms with E-state index < -0.39 is 129 Å². The number of fused-ring (bicyclic) bond motifs is 4. The predicted octanol–water partition coefficient (Wildman–Crippen LogP) is 4.09. The monoisotopic (exact) mass is 1100 g/mol. The van der Waals surface area contributed by atoms with E-state index >= 15 is 17.6 Å². The van der Waals surface area contributed by atoms with Crippen LogP contribution in [0.15, 0.2) is 30.4 Å². The van der Waals surface area contributed by atoms with E-state index in [2.05, 4.69) is 0 Å². The number of nitrogens with zero attached hydrogens (tertiary/aromatic N) is 4. The Bertz CT molecular complexity index is 3550. The molecular formula is C48H51F4N4O15S3+. The highest BCUT2D eigenvalue weighted by Crippen LogP contribution is 2.49. The Kier molecular flexibility index (Phi) is 14.1. The number of halogens is 4. The van der Waals surface area contributed by atoms with Crippen molar-refractivity contribution in [1.29, 1.82) is 0 Å². The van der Waals surface area contributed by atoms with Gasteiger partial charge in [0, 0.05) is 98.9 Å². The number of unbranched alkanes of at least 4 members (excludes halogenated alkanes) is 2. The summed E-state index contributed by atoms with van der Waals surface area (Å²) in [4.78, 5) is 58.1. The first-order valence-corrected chi connectivity index (χ1v) is 28.1. The van der Waals surface area contributed by atoms with Crippen molar-refractivity contribution in [3.8, 4) is 11.5 Å². The lowest BCUT2D eigenvalue weighted by molar-refractivity contribution is -0.197. The first-order valence-electron chi connectivity index (χ1n) is 23.3. The summed E-state index contributed by atoms with van der Waals surface area (Å²) >= 11 is 0. The number of benzene rings is 3. The quantitative estimate of drug-likeness (QED) is 0.0271. The molecule has 1 saturated heterocycles. The van der Waals surface area contributed by atoms with Gasteiger partial charge >= 0.3 is 5.97 Å². The number of amides is 3. The molecule has 8 rings (SSSR count). The summed E-state index contributed by atoms with van der Waals surface area (Å²) in [6.07, 6.45) is 4.39. The number of hydrogen-bond acceptors (Lipinski definition) is 13. The Morgan fingerprint density at radius 2 is 1.41 bits per heavy atom. The minimum absolute atomic E-state index is 0.0274. The van der Waals surface area contributed by atoms with Gasteiger partial charge in [0.2, 0.25) is 5.36 Å². The molecule has 0 unspecified atom stereocenters. The van der Waals surface area contributed by atoms with E-state index in [1.54, 1.807) is 33.8 Å². The van der Waals surface area contributed by atoms with Gasteiger partial charge in [-0.1, -0.05) is 12.5 Å². The summed E-state index contributed by atoms with van der Waals surface area (Å²) in [6.45, 7) is 6.80. The first-order chi connectivity index (χ1) is 34.3. The van der Waals surface area contributed by atoms with Gasteiger partial charge in [-0.3, -0.25) is 28.0 Å². The highest BCUT2D eigenvalue weighted by atomic mass is 32.2. The van der Waals surface area contributed by atoms with Crippen LogP contribution in [0, 0.1) is 23.3 Å². The summed E-state index contributed by atoms with van der Waals surface area (Å²) in [5, 5.41) is 0.652. The Balaban J connectivity index is 1.38. The zero-order chi connectivity index (χ0) is 54.4. The minimum Gasteiger partial charge on any atom is -0.455 e. The van der Waals surface area contributed by atoms with E-state index in [4.69, 9.17) is 9.57 Å². The molecule has 398 valence electrons. The normalized spacial score (nSPS) is 17.7. The van der Waals surface area contributed by atoms with Gasteiger partial charge in [-0.2, -0.15) is 25.3 Å². The molecule has 0 bridgehead atoms. The third kappa shape index (κ3) is 10.5. The molecule has 3 aromatic rings. The molecule has 0 aliphatic carbocycles. The lowest BCUT2D eigenvalue weighted by Crippen LogP contribution is -2.53. The molecule has 5 heterocycles. The number of hydrogen-bond donors (Lipinski definition) is 3. The average molecular weight is 1100 g/mol. The van der Waals surface area contributed by atoms with E-state index in [0.717, 1.165) is 7.05 Å². The van der Waals surface area contributed by atoms with Gasteiger partial charge < -0.3 is 19.4 Å². The van der Waals surface area contributed by atoms with Crippen LogP contribution in [0.3, 0.4) is 0 Å². The number of rotatable bonds is 16. The Hall–Kier alpha value is -6.06. The van der Waals surface area contributed by atoms with Crippen LogP contribution in [0.2, 0.25) is 0 Å². The van der Waals surface area contributed by atoms with Gasteiger partial charge in [0.05, 0.1) is 28.0 Å². The lowest BCUT2D eigenvalue weighted by atomic mass is 9.81. The number of carbonyl (C=O) groups excluding carboxylic acids is 4. The van der Waals surface area contributed by atoms with Gasteiger partial charge in [-0.25, -0.2) is 26.9 Å². The molecule has 19 nitrogen and oxygen atoms in total. The molecule has 3 aromatic carbocycles. The molecule has 0 saturated carbocycles. The third-order valence-electron chi connectivity index (χ3n) is 13.6. The van der Waals surface area contributed by atoms with Crippen LogP contribution in [-0.2, 0) is 56.0 Å². The largest absolute Gasteiger partial charge is 0.455 e. The van der Waals surface area contributed by atoms with Crippen LogP contribution in [0.1, 0.15) is 111 Å². The molecule has 0 spiro atoms. The number of anilines is 1. The third-order valence-corrected chi connectivity index (χ3v) is 15.7. The molecule has 5 aliphatic heterocycles. The zero-order valence-electron chi connectivity index (χ0n) is 40.6. The smallest absolute Gasteiger partial charge is 0.333 e. The molecular weight excluding hydrogens is 1040 g/mol. The van der Waals surface area contributed by atoms with Gasteiger partial charge in [0.15, 0.2) is 28.8 Å². The second kappa shape index (κ2) is 19.3. The molecule has 26 heteroatoms. The highest BCUT2D eigenvalue weighted by Gasteiger charge is 2.44. The van der Waals surface area contributed by atoms with Crippen molar-refractivity contribution < 1.29 is 85.2 Å². The van der Waals surface area contributed by atoms with Gasteiger partial charge in [0.1, 0.15) is 29.5 Å². The average Bonchev–Trinajstić information content (AvgIpc) is 3.60. The molecule has 3 amide bonds. The molecule has 0 aromatic heterocycles. The number of imide groups is 1. The van der Waals surface area contributed by atoms with Crippen LogP contribution in [0.5, 0.6) is 11.5 Å². The van der Waals surface area contributed by atoms with Gasteiger partial charge in [0.25, 0.3) is 48.1 Å². The molecule has 5 aliphatic rings. The van der Waals surface area contributed by atoms with E-state index in [1.165, 1.54) is 24.3 Å². The summed E-state index contributed by atoms with van der Waals surface area (Å²) in [5.41, 5.74) is -4.60.